The molecule has 3 N–H and O–H groups in total. The normalized spacial score (nSPS) is 17.0. The molecule has 0 saturated heterocycles. The van der Waals surface area contributed by atoms with Crippen molar-refractivity contribution in [3.05, 3.63) is 89.8 Å². The van der Waals surface area contributed by atoms with E-state index >= 15 is 0 Å². The number of aromatic nitrogens is 3. The quantitative estimate of drug-likeness (QED) is 0.422. The van der Waals surface area contributed by atoms with Crippen molar-refractivity contribution in [3.63, 3.8) is 0 Å². The van der Waals surface area contributed by atoms with Crippen LogP contribution >= 0.6 is 0 Å². The minimum atomic E-state index is -0.671. The molecule has 0 fully saturated rings. The van der Waals surface area contributed by atoms with Crippen LogP contribution in [-0.4, -0.2) is 44.9 Å². The van der Waals surface area contributed by atoms with Crippen molar-refractivity contribution < 1.29 is 23.4 Å². The fourth-order valence-electron chi connectivity index (χ4n) is 4.03. The Labute approximate surface area is 193 Å². The largest absolute Gasteiger partial charge is 0.484 e. The summed E-state index contributed by atoms with van der Waals surface area (Å²) in [4.78, 5) is 17.5. The van der Waals surface area contributed by atoms with Crippen molar-refractivity contribution in [3.8, 4) is 28.3 Å². The summed E-state index contributed by atoms with van der Waals surface area (Å²) in [6, 6.07) is 14.5. The van der Waals surface area contributed by atoms with Gasteiger partial charge in [-0.25, -0.2) is 8.78 Å². The Hall–Kier alpha value is -4.11. The number of hydrogen-bond acceptors (Lipinski definition) is 5. The molecular formula is C25H20F2N4O3. The number of H-pyrrole nitrogens is 1. The van der Waals surface area contributed by atoms with Gasteiger partial charge in [-0.3, -0.25) is 14.9 Å². The Morgan fingerprint density at radius 2 is 1.97 bits per heavy atom. The molecule has 172 valence electrons. The molecule has 2 aromatic carbocycles. The minimum absolute atomic E-state index is 0.0525. The molecule has 3 heterocycles. The molecule has 5 rings (SSSR count). The van der Waals surface area contributed by atoms with Crippen LogP contribution in [0, 0.1) is 11.6 Å². The van der Waals surface area contributed by atoms with Crippen LogP contribution in [0.3, 0.4) is 0 Å². The van der Waals surface area contributed by atoms with E-state index < -0.39 is 23.9 Å². The minimum Gasteiger partial charge on any atom is -0.484 e. The Balaban J connectivity index is 1.44. The SMILES string of the molecule is O=C(NC1Cc2ncccc2O[C@@H]1CO)c1cccc(F)c1-c1cc(-c2ccc(F)cc2)n[nH]1. The van der Waals surface area contributed by atoms with E-state index in [0.717, 1.165) is 0 Å². The van der Waals surface area contributed by atoms with Crippen LogP contribution in [0.15, 0.2) is 66.9 Å². The lowest BCUT2D eigenvalue weighted by atomic mass is 9.98. The Morgan fingerprint density at radius 1 is 1.15 bits per heavy atom. The van der Waals surface area contributed by atoms with Crippen LogP contribution in [0.1, 0.15) is 16.1 Å². The number of carbonyl (C=O) groups excluding carboxylic acids is 1. The number of carbonyl (C=O) groups is 1. The fraction of sp³-hybridized carbons (Fsp3) is 0.160. The number of benzene rings is 2. The molecule has 9 heteroatoms. The number of pyridine rings is 1. The van der Waals surface area contributed by atoms with E-state index in [1.165, 1.54) is 30.3 Å². The maximum Gasteiger partial charge on any atom is 0.252 e. The van der Waals surface area contributed by atoms with Crippen molar-refractivity contribution in [1.82, 2.24) is 20.5 Å². The van der Waals surface area contributed by atoms with Gasteiger partial charge in [-0.05, 0) is 54.6 Å². The highest BCUT2D eigenvalue weighted by Gasteiger charge is 2.32. The third kappa shape index (κ3) is 4.13. The van der Waals surface area contributed by atoms with E-state index in [0.29, 0.717) is 34.8 Å². The molecule has 7 nitrogen and oxygen atoms in total. The van der Waals surface area contributed by atoms with Gasteiger partial charge in [0.05, 0.1) is 35.3 Å². The average Bonchev–Trinajstić information content (AvgIpc) is 3.33. The van der Waals surface area contributed by atoms with Crippen molar-refractivity contribution in [2.75, 3.05) is 6.61 Å². The second-order valence-electron chi connectivity index (χ2n) is 7.91. The third-order valence-electron chi connectivity index (χ3n) is 5.73. The highest BCUT2D eigenvalue weighted by Crippen LogP contribution is 2.30. The number of halogens is 2. The average molecular weight is 462 g/mol. The van der Waals surface area contributed by atoms with E-state index in [9.17, 15) is 18.7 Å². The summed E-state index contributed by atoms with van der Waals surface area (Å²) in [5, 5.41) is 19.6. The number of aliphatic hydroxyl groups is 1. The van der Waals surface area contributed by atoms with Crippen molar-refractivity contribution in [2.45, 2.75) is 18.6 Å². The molecule has 2 aromatic heterocycles. The molecular weight excluding hydrogens is 442 g/mol. The number of nitrogens with one attached hydrogen (secondary N) is 2. The van der Waals surface area contributed by atoms with Crippen LogP contribution < -0.4 is 10.1 Å². The van der Waals surface area contributed by atoms with Crippen LogP contribution in [0.25, 0.3) is 22.5 Å². The van der Waals surface area contributed by atoms with Gasteiger partial charge < -0.3 is 15.2 Å². The number of fused-ring (bicyclic) bond motifs is 1. The second kappa shape index (κ2) is 9.03. The lowest BCUT2D eigenvalue weighted by Gasteiger charge is -2.32. The zero-order valence-corrected chi connectivity index (χ0v) is 17.8. The third-order valence-corrected chi connectivity index (χ3v) is 5.73. The topological polar surface area (TPSA) is 100 Å². The van der Waals surface area contributed by atoms with Gasteiger partial charge in [0.1, 0.15) is 23.5 Å². The van der Waals surface area contributed by atoms with Gasteiger partial charge in [0.2, 0.25) is 0 Å². The summed E-state index contributed by atoms with van der Waals surface area (Å²) >= 11 is 0. The Kier molecular flexibility index (Phi) is 5.77. The monoisotopic (exact) mass is 462 g/mol. The fourth-order valence-corrected chi connectivity index (χ4v) is 4.03. The van der Waals surface area contributed by atoms with Crippen molar-refractivity contribution in [1.29, 1.82) is 0 Å². The molecule has 1 aliphatic heterocycles. The maximum absolute atomic E-state index is 14.9. The summed E-state index contributed by atoms with van der Waals surface area (Å²) < 4.78 is 34.0. The molecule has 0 aliphatic carbocycles. The first-order valence-electron chi connectivity index (χ1n) is 10.7. The molecule has 2 atom stereocenters. The summed E-state index contributed by atoms with van der Waals surface area (Å²) in [7, 11) is 0. The standard InChI is InChI=1S/C25H20F2N4O3/c26-15-8-6-14(7-9-15)18-11-21(31-30-18)24-16(3-1-4-17(24)27)25(33)29-20-12-19-22(5-2-10-28-19)34-23(20)13-32/h1-11,20,23,32H,12-13H2,(H,29,33)(H,30,31)/t20?,23-/m1/s1. The predicted molar refractivity (Wildman–Crippen MR) is 120 cm³/mol. The second-order valence-corrected chi connectivity index (χ2v) is 7.91. The first-order chi connectivity index (χ1) is 16.5. The van der Waals surface area contributed by atoms with Crippen molar-refractivity contribution in [2.24, 2.45) is 0 Å². The Morgan fingerprint density at radius 3 is 2.76 bits per heavy atom. The molecule has 0 saturated carbocycles. The van der Waals surface area contributed by atoms with E-state index in [-0.39, 0.29) is 23.6 Å². The van der Waals surface area contributed by atoms with Gasteiger partial charge >= 0.3 is 0 Å². The maximum atomic E-state index is 14.9. The van der Waals surface area contributed by atoms with E-state index in [1.807, 2.05) is 0 Å². The zero-order chi connectivity index (χ0) is 23.7. The van der Waals surface area contributed by atoms with Gasteiger partial charge in [0.15, 0.2) is 0 Å². The lowest BCUT2D eigenvalue weighted by Crippen LogP contribution is -2.51. The van der Waals surface area contributed by atoms with Gasteiger partial charge in [-0.15, -0.1) is 0 Å². The number of amides is 1. The van der Waals surface area contributed by atoms with E-state index in [4.69, 9.17) is 4.74 Å². The molecule has 0 radical (unpaired) electrons. The first kappa shape index (κ1) is 21.7. The highest BCUT2D eigenvalue weighted by molar-refractivity contribution is 6.01. The molecule has 34 heavy (non-hydrogen) atoms. The summed E-state index contributed by atoms with van der Waals surface area (Å²) in [6.07, 6.45) is 1.31. The molecule has 4 aromatic rings. The lowest BCUT2D eigenvalue weighted by molar-refractivity contribution is 0.0611. The van der Waals surface area contributed by atoms with Crippen LogP contribution in [0.4, 0.5) is 8.78 Å². The van der Waals surface area contributed by atoms with Crippen molar-refractivity contribution >= 4 is 5.91 Å². The van der Waals surface area contributed by atoms with Gasteiger partial charge in [-0.1, -0.05) is 6.07 Å². The number of hydrogen-bond donors (Lipinski definition) is 3. The number of ether oxygens (including phenoxy) is 1. The summed E-state index contributed by atoms with van der Waals surface area (Å²) in [5.74, 6) is -0.950. The molecule has 0 spiro atoms. The number of rotatable bonds is 5. The van der Waals surface area contributed by atoms with Crippen LogP contribution in [0.5, 0.6) is 5.75 Å². The summed E-state index contributed by atoms with van der Waals surface area (Å²) in [5.41, 5.74) is 2.23. The van der Waals surface area contributed by atoms with Crippen LogP contribution in [-0.2, 0) is 6.42 Å². The molecule has 1 aliphatic rings. The van der Waals surface area contributed by atoms with E-state index in [2.05, 4.69) is 20.5 Å². The van der Waals surface area contributed by atoms with Gasteiger partial charge in [0.25, 0.3) is 5.91 Å². The number of nitrogens with zero attached hydrogens (tertiary/aromatic N) is 2. The van der Waals surface area contributed by atoms with Gasteiger partial charge in [0, 0.05) is 23.7 Å². The predicted octanol–water partition coefficient (Wildman–Crippen LogP) is 3.51. The summed E-state index contributed by atoms with van der Waals surface area (Å²) in [6.45, 7) is -0.309. The van der Waals surface area contributed by atoms with Gasteiger partial charge in [-0.2, -0.15) is 5.10 Å². The molecule has 1 unspecified atom stereocenters. The smallest absolute Gasteiger partial charge is 0.252 e. The number of aliphatic hydroxyl groups excluding tert-OH is 1. The van der Waals surface area contributed by atoms with E-state index in [1.54, 1.807) is 36.5 Å². The highest BCUT2D eigenvalue weighted by atomic mass is 19.1. The van der Waals surface area contributed by atoms with Crippen LogP contribution in [0.2, 0.25) is 0 Å². The molecule has 0 bridgehead atoms. The molecule has 1 amide bonds. The first-order valence-corrected chi connectivity index (χ1v) is 10.7. The Bertz CT molecular complexity index is 1340. The number of aromatic amines is 1. The zero-order valence-electron chi connectivity index (χ0n) is 17.8.